The third-order valence-electron chi connectivity index (χ3n) is 5.51. The van der Waals surface area contributed by atoms with Gasteiger partial charge in [0.1, 0.15) is 11.4 Å². The first-order chi connectivity index (χ1) is 11.2. The molecule has 0 radical (unpaired) electrons. The summed E-state index contributed by atoms with van der Waals surface area (Å²) >= 11 is 0. The van der Waals surface area contributed by atoms with Gasteiger partial charge in [-0.1, -0.05) is 6.07 Å². The van der Waals surface area contributed by atoms with Crippen molar-refractivity contribution in [3.8, 4) is 17.0 Å². The number of nitrogen functional groups attached to an aromatic ring is 1. The molecule has 3 N–H and O–H groups in total. The molecule has 2 bridgehead atoms. The van der Waals surface area contributed by atoms with Crippen molar-refractivity contribution < 1.29 is 9.84 Å². The molecule has 0 unspecified atom stereocenters. The van der Waals surface area contributed by atoms with Crippen molar-refractivity contribution in [2.75, 3.05) is 5.73 Å². The van der Waals surface area contributed by atoms with Crippen LogP contribution in [0.5, 0.6) is 5.75 Å². The van der Waals surface area contributed by atoms with Crippen LogP contribution in [-0.2, 0) is 24.0 Å². The van der Waals surface area contributed by atoms with Gasteiger partial charge in [0.25, 0.3) is 0 Å². The van der Waals surface area contributed by atoms with Crippen LogP contribution in [0, 0.1) is 0 Å². The maximum absolute atomic E-state index is 10.8. The van der Waals surface area contributed by atoms with Crippen LogP contribution in [0.15, 0.2) is 12.1 Å². The van der Waals surface area contributed by atoms with Gasteiger partial charge in [0.2, 0.25) is 0 Å². The highest BCUT2D eigenvalue weighted by atomic mass is 16.5. The predicted octanol–water partition coefficient (Wildman–Crippen LogP) is 2.70. The Kier molecular flexibility index (Phi) is 2.71. The Balaban J connectivity index is 1.73. The average molecular weight is 309 g/mol. The monoisotopic (exact) mass is 309 g/mol. The molecule has 5 rings (SSSR count). The van der Waals surface area contributed by atoms with Gasteiger partial charge >= 0.3 is 0 Å². The lowest BCUT2D eigenvalue weighted by Crippen LogP contribution is -2.21. The Labute approximate surface area is 134 Å². The maximum Gasteiger partial charge on any atom is 0.152 e. The predicted molar refractivity (Wildman–Crippen MR) is 86.1 cm³/mol. The molecule has 2 aromatic rings. The van der Waals surface area contributed by atoms with Crippen LogP contribution >= 0.6 is 0 Å². The van der Waals surface area contributed by atoms with Crippen LogP contribution in [-0.4, -0.2) is 21.4 Å². The van der Waals surface area contributed by atoms with E-state index in [1.54, 1.807) is 0 Å². The Morgan fingerprint density at radius 1 is 1.13 bits per heavy atom. The van der Waals surface area contributed by atoms with E-state index >= 15 is 0 Å². The van der Waals surface area contributed by atoms with Gasteiger partial charge < -0.3 is 15.6 Å². The Morgan fingerprint density at radius 2 is 2.04 bits per heavy atom. The van der Waals surface area contributed by atoms with Crippen molar-refractivity contribution in [1.29, 1.82) is 0 Å². The third-order valence-corrected chi connectivity index (χ3v) is 5.51. The largest absolute Gasteiger partial charge is 0.507 e. The Bertz CT molecular complexity index is 818. The molecule has 2 aliphatic heterocycles. The van der Waals surface area contributed by atoms with Crippen LogP contribution in [0.4, 0.5) is 5.82 Å². The molecule has 1 fully saturated rings. The summed E-state index contributed by atoms with van der Waals surface area (Å²) in [6.07, 6.45) is 6.21. The number of hydrogen-bond donors (Lipinski definition) is 2. The average Bonchev–Trinajstić information content (AvgIpc) is 3.16. The van der Waals surface area contributed by atoms with E-state index in [2.05, 4.69) is 16.3 Å². The van der Waals surface area contributed by atoms with Gasteiger partial charge in [0.15, 0.2) is 5.82 Å². The lowest BCUT2D eigenvalue weighted by atomic mass is 9.92. The number of phenolic OH excluding ortho intramolecular Hbond substituents is 1. The first kappa shape index (κ1) is 13.3. The molecule has 0 saturated carbocycles. The van der Waals surface area contributed by atoms with E-state index in [0.29, 0.717) is 11.6 Å². The molecular weight excluding hydrogens is 290 g/mol. The minimum absolute atomic E-state index is 0.0366. The van der Waals surface area contributed by atoms with Crippen molar-refractivity contribution in [1.82, 2.24) is 10.2 Å². The first-order valence-electron chi connectivity index (χ1n) is 8.37. The van der Waals surface area contributed by atoms with Crippen LogP contribution in [0.3, 0.4) is 0 Å². The number of aromatic nitrogens is 2. The summed E-state index contributed by atoms with van der Waals surface area (Å²) in [6.45, 7) is 0. The summed E-state index contributed by atoms with van der Waals surface area (Å²) in [5, 5.41) is 19.3. The number of benzene rings is 1. The number of aromatic hydroxyl groups is 1. The Hall–Kier alpha value is -2.14. The number of rotatable bonds is 1. The molecule has 1 aliphatic carbocycles. The van der Waals surface area contributed by atoms with E-state index in [9.17, 15) is 5.11 Å². The van der Waals surface area contributed by atoms with Crippen molar-refractivity contribution >= 4 is 5.82 Å². The van der Waals surface area contributed by atoms with E-state index < -0.39 is 0 Å². The SMILES string of the molecule is Nc1nnc(-c2ccc3c(c2O)CCC3)c2c1[C@H]1CC[C@@H](C2)O1. The number of nitrogens with two attached hydrogens (primary N) is 1. The zero-order valence-electron chi connectivity index (χ0n) is 12.9. The normalized spacial score (nSPS) is 24.5. The van der Waals surface area contributed by atoms with Gasteiger partial charge in [0.05, 0.1) is 12.2 Å². The van der Waals surface area contributed by atoms with Gasteiger partial charge in [-0.2, -0.15) is 0 Å². The second kappa shape index (κ2) is 4.68. The highest BCUT2D eigenvalue weighted by molar-refractivity contribution is 5.75. The fourth-order valence-corrected chi connectivity index (χ4v) is 4.42. The molecule has 1 saturated heterocycles. The molecule has 3 heterocycles. The molecule has 23 heavy (non-hydrogen) atoms. The molecule has 0 spiro atoms. The van der Waals surface area contributed by atoms with Crippen molar-refractivity contribution in [3.05, 3.63) is 34.4 Å². The number of phenols is 1. The molecular formula is C18H19N3O2. The van der Waals surface area contributed by atoms with Crippen LogP contribution < -0.4 is 5.73 Å². The Morgan fingerprint density at radius 3 is 2.96 bits per heavy atom. The maximum atomic E-state index is 10.8. The molecule has 5 heteroatoms. The molecule has 5 nitrogen and oxygen atoms in total. The van der Waals surface area contributed by atoms with Gasteiger partial charge in [-0.05, 0) is 54.9 Å². The number of ether oxygens (including phenoxy) is 1. The van der Waals surface area contributed by atoms with Gasteiger partial charge in [0, 0.05) is 17.5 Å². The zero-order chi connectivity index (χ0) is 15.6. The quantitative estimate of drug-likeness (QED) is 0.846. The van der Waals surface area contributed by atoms with E-state index in [4.69, 9.17) is 10.5 Å². The summed E-state index contributed by atoms with van der Waals surface area (Å²) in [6, 6.07) is 4.10. The molecule has 2 atom stereocenters. The summed E-state index contributed by atoms with van der Waals surface area (Å²) in [5.74, 6) is 0.842. The summed E-state index contributed by atoms with van der Waals surface area (Å²) in [7, 11) is 0. The van der Waals surface area contributed by atoms with Gasteiger partial charge in [-0.3, -0.25) is 0 Å². The van der Waals surface area contributed by atoms with Crippen molar-refractivity contribution in [2.24, 2.45) is 0 Å². The minimum Gasteiger partial charge on any atom is -0.507 e. The molecule has 3 aliphatic rings. The highest BCUT2D eigenvalue weighted by Crippen LogP contribution is 2.47. The second-order valence-corrected chi connectivity index (χ2v) is 6.81. The number of anilines is 1. The van der Waals surface area contributed by atoms with E-state index in [-0.39, 0.29) is 12.2 Å². The zero-order valence-corrected chi connectivity index (χ0v) is 12.9. The molecule has 0 amide bonds. The number of hydrogen-bond acceptors (Lipinski definition) is 5. The smallest absolute Gasteiger partial charge is 0.152 e. The van der Waals surface area contributed by atoms with Crippen molar-refractivity contribution in [2.45, 2.75) is 50.7 Å². The summed E-state index contributed by atoms with van der Waals surface area (Å²) in [5.41, 5.74) is 12.1. The number of nitrogens with zero attached hydrogens (tertiary/aromatic N) is 2. The van der Waals surface area contributed by atoms with Gasteiger partial charge in [-0.25, -0.2) is 0 Å². The fourth-order valence-electron chi connectivity index (χ4n) is 4.42. The molecule has 118 valence electrons. The lowest BCUT2D eigenvalue weighted by Gasteiger charge is -2.26. The standard InChI is InChI=1S/C18H19N3O2/c19-18-15-13(8-10-5-7-14(15)23-10)16(20-21-18)12-6-4-9-2-1-3-11(9)17(12)22/h4,6,10,14,22H,1-3,5,7-8H2,(H2,19,21)/t10-,14+/m0/s1. The minimum atomic E-state index is 0.0366. The van der Waals surface area contributed by atoms with E-state index in [1.807, 2.05) is 6.07 Å². The van der Waals surface area contributed by atoms with Crippen LogP contribution in [0.1, 0.15) is 47.6 Å². The topological polar surface area (TPSA) is 81.3 Å². The lowest BCUT2D eigenvalue weighted by molar-refractivity contribution is 0.0326. The first-order valence-corrected chi connectivity index (χ1v) is 8.37. The van der Waals surface area contributed by atoms with Gasteiger partial charge in [-0.15, -0.1) is 10.2 Å². The van der Waals surface area contributed by atoms with Crippen molar-refractivity contribution in [3.63, 3.8) is 0 Å². The molecule has 1 aromatic heterocycles. The fraction of sp³-hybridized carbons (Fsp3) is 0.444. The van der Waals surface area contributed by atoms with E-state index in [1.165, 1.54) is 5.56 Å². The second-order valence-electron chi connectivity index (χ2n) is 6.81. The van der Waals surface area contributed by atoms with Crippen LogP contribution in [0.25, 0.3) is 11.3 Å². The summed E-state index contributed by atoms with van der Waals surface area (Å²) in [4.78, 5) is 0. The third kappa shape index (κ3) is 1.83. The highest BCUT2D eigenvalue weighted by Gasteiger charge is 2.38. The van der Waals surface area contributed by atoms with Crippen LogP contribution in [0.2, 0.25) is 0 Å². The number of fused-ring (bicyclic) bond motifs is 5. The van der Waals surface area contributed by atoms with E-state index in [0.717, 1.165) is 66.5 Å². The molecule has 1 aromatic carbocycles. The number of aryl methyl sites for hydroxylation is 1. The summed E-state index contributed by atoms with van der Waals surface area (Å²) < 4.78 is 5.99.